The van der Waals surface area contributed by atoms with Gasteiger partial charge in [-0.1, -0.05) is 116 Å². The van der Waals surface area contributed by atoms with E-state index in [1.54, 1.807) is 47.4 Å². The normalized spacial score (nSPS) is 13.9. The highest BCUT2D eigenvalue weighted by molar-refractivity contribution is 7.92. The maximum atomic E-state index is 14.8. The molecule has 1 N–H and O–H groups in total. The molecule has 1 saturated carbocycles. The summed E-state index contributed by atoms with van der Waals surface area (Å²) < 4.78 is 35.7. The van der Waals surface area contributed by atoms with E-state index in [0.29, 0.717) is 17.2 Å². The van der Waals surface area contributed by atoms with Crippen LogP contribution in [-0.4, -0.2) is 43.8 Å². The third kappa shape index (κ3) is 9.43. The Kier molecular flexibility index (Phi) is 11.8. The molecule has 0 aromatic heterocycles. The molecule has 51 heavy (non-hydrogen) atoms. The van der Waals surface area contributed by atoms with Crippen molar-refractivity contribution in [1.29, 1.82) is 0 Å². The lowest BCUT2D eigenvalue weighted by Gasteiger charge is -2.35. The Balaban J connectivity index is 1.36. The van der Waals surface area contributed by atoms with Crippen LogP contribution in [0.2, 0.25) is 0 Å². The van der Waals surface area contributed by atoms with Crippen molar-refractivity contribution in [3.8, 4) is 11.5 Å². The minimum Gasteiger partial charge on any atom is -0.457 e. The summed E-state index contributed by atoms with van der Waals surface area (Å²) in [6.07, 6.45) is 5.29. The first-order valence-corrected chi connectivity index (χ1v) is 18.9. The van der Waals surface area contributed by atoms with Crippen molar-refractivity contribution in [2.45, 2.75) is 62.0 Å². The van der Waals surface area contributed by atoms with Crippen LogP contribution >= 0.6 is 0 Å². The number of sulfonamides is 1. The van der Waals surface area contributed by atoms with E-state index in [1.165, 1.54) is 12.1 Å². The molecule has 1 aliphatic carbocycles. The van der Waals surface area contributed by atoms with Gasteiger partial charge in [-0.25, -0.2) is 8.42 Å². The van der Waals surface area contributed by atoms with Gasteiger partial charge in [0.2, 0.25) is 11.8 Å². The lowest BCUT2D eigenvalue weighted by molar-refractivity contribution is -0.140. The zero-order valence-electron chi connectivity index (χ0n) is 28.5. The summed E-state index contributed by atoms with van der Waals surface area (Å²) in [7, 11) is -4.21. The standard InChI is InChI=1S/C42H43N3O5S/c46-41(32-45(51(48,49)39-24-14-5-15-25-39)36-26-28-38(29-27-36)50-37-22-12-4-13-23-37)44(31-34-18-8-2-9-19-34)40(30-33-16-6-1-7-17-33)42(47)43-35-20-10-3-11-21-35/h1-2,4-9,12-19,22-29,35,40H,3,10-11,20-21,30-32H2,(H,43,47)/t40-/m0/s1. The number of carbonyl (C=O) groups excluding carboxylic acids is 2. The topological polar surface area (TPSA) is 96.0 Å². The van der Waals surface area contributed by atoms with Crippen molar-refractivity contribution in [2.75, 3.05) is 10.8 Å². The predicted molar refractivity (Wildman–Crippen MR) is 200 cm³/mol. The number of nitrogens with zero attached hydrogens (tertiary/aromatic N) is 2. The van der Waals surface area contributed by atoms with Gasteiger partial charge in [-0.2, -0.15) is 0 Å². The lowest BCUT2D eigenvalue weighted by Crippen LogP contribution is -2.55. The Bertz CT molecular complexity index is 1950. The number of hydrogen-bond acceptors (Lipinski definition) is 5. The summed E-state index contributed by atoms with van der Waals surface area (Å²) in [5, 5.41) is 3.25. The number of ether oxygens (including phenoxy) is 1. The predicted octanol–water partition coefficient (Wildman–Crippen LogP) is 7.76. The molecule has 0 spiro atoms. The summed E-state index contributed by atoms with van der Waals surface area (Å²) >= 11 is 0. The molecule has 0 radical (unpaired) electrons. The second kappa shape index (κ2) is 17.0. The van der Waals surface area contributed by atoms with Crippen LogP contribution in [0.4, 0.5) is 5.69 Å². The minimum atomic E-state index is -4.21. The van der Waals surface area contributed by atoms with Crippen molar-refractivity contribution >= 4 is 27.5 Å². The van der Waals surface area contributed by atoms with Crippen LogP contribution in [0.25, 0.3) is 0 Å². The van der Waals surface area contributed by atoms with Gasteiger partial charge < -0.3 is 15.0 Å². The van der Waals surface area contributed by atoms with Crippen molar-refractivity contribution in [1.82, 2.24) is 10.2 Å². The van der Waals surface area contributed by atoms with Gasteiger partial charge >= 0.3 is 0 Å². The summed E-state index contributed by atoms with van der Waals surface area (Å²) in [6.45, 7) is -0.400. The Morgan fingerprint density at radius 3 is 1.80 bits per heavy atom. The first-order chi connectivity index (χ1) is 24.9. The molecular weight excluding hydrogens is 659 g/mol. The van der Waals surface area contributed by atoms with E-state index >= 15 is 0 Å². The summed E-state index contributed by atoms with van der Waals surface area (Å²) in [5.74, 6) is 0.417. The second-order valence-electron chi connectivity index (χ2n) is 12.8. The van der Waals surface area contributed by atoms with Gasteiger partial charge in [-0.15, -0.1) is 0 Å². The fourth-order valence-corrected chi connectivity index (χ4v) is 7.87. The Morgan fingerprint density at radius 2 is 1.20 bits per heavy atom. The van der Waals surface area contributed by atoms with Crippen molar-refractivity contribution in [3.05, 3.63) is 157 Å². The van der Waals surface area contributed by atoms with Crippen molar-refractivity contribution in [2.24, 2.45) is 0 Å². The Hall–Kier alpha value is -5.41. The molecule has 5 aromatic carbocycles. The van der Waals surface area contributed by atoms with Gasteiger partial charge in [0.05, 0.1) is 10.6 Å². The molecular formula is C42H43N3O5S. The molecule has 1 fully saturated rings. The van der Waals surface area contributed by atoms with Crippen LogP contribution in [0, 0.1) is 0 Å². The number of benzene rings is 5. The van der Waals surface area contributed by atoms with Crippen LogP contribution in [-0.2, 0) is 32.6 Å². The molecule has 1 aliphatic rings. The number of hydrogen-bond donors (Lipinski definition) is 1. The van der Waals surface area contributed by atoms with E-state index in [2.05, 4.69) is 5.32 Å². The quantitative estimate of drug-likeness (QED) is 0.128. The van der Waals surface area contributed by atoms with Crippen molar-refractivity contribution < 1.29 is 22.7 Å². The molecule has 0 heterocycles. The smallest absolute Gasteiger partial charge is 0.264 e. The second-order valence-corrected chi connectivity index (χ2v) is 14.7. The highest BCUT2D eigenvalue weighted by Gasteiger charge is 2.35. The van der Waals surface area contributed by atoms with Gasteiger partial charge in [-0.3, -0.25) is 13.9 Å². The average Bonchev–Trinajstić information content (AvgIpc) is 3.17. The van der Waals surface area contributed by atoms with E-state index in [4.69, 9.17) is 4.74 Å². The Morgan fingerprint density at radius 1 is 0.667 bits per heavy atom. The molecule has 2 amide bonds. The number of anilines is 1. The molecule has 6 rings (SSSR count). The zero-order chi connectivity index (χ0) is 35.5. The molecule has 0 aliphatic heterocycles. The monoisotopic (exact) mass is 701 g/mol. The van der Waals surface area contributed by atoms with Crippen LogP contribution in [0.5, 0.6) is 11.5 Å². The summed E-state index contributed by atoms with van der Waals surface area (Å²) in [4.78, 5) is 30.6. The van der Waals surface area contributed by atoms with Crippen molar-refractivity contribution in [3.63, 3.8) is 0 Å². The Labute approximate surface area is 300 Å². The lowest BCUT2D eigenvalue weighted by atomic mass is 9.94. The number of rotatable bonds is 14. The van der Waals surface area contributed by atoms with Crippen LogP contribution < -0.4 is 14.4 Å². The van der Waals surface area contributed by atoms with E-state index < -0.39 is 28.5 Å². The number of amides is 2. The van der Waals surface area contributed by atoms with Gasteiger partial charge in [0.15, 0.2) is 0 Å². The van der Waals surface area contributed by atoms with Gasteiger partial charge in [-0.05, 0) is 72.5 Å². The fourth-order valence-electron chi connectivity index (χ4n) is 6.43. The molecule has 8 nitrogen and oxygen atoms in total. The molecule has 262 valence electrons. The van der Waals surface area contributed by atoms with Crippen LogP contribution in [0.3, 0.4) is 0 Å². The molecule has 5 aromatic rings. The first kappa shape index (κ1) is 35.4. The van der Waals surface area contributed by atoms with E-state index in [-0.39, 0.29) is 29.8 Å². The number of carbonyl (C=O) groups is 2. The molecule has 0 bridgehead atoms. The van der Waals surface area contributed by atoms with E-state index in [9.17, 15) is 18.0 Å². The molecule has 9 heteroatoms. The molecule has 0 saturated heterocycles. The van der Waals surface area contributed by atoms with Gasteiger partial charge in [0, 0.05) is 19.0 Å². The van der Waals surface area contributed by atoms with E-state index in [1.807, 2.05) is 91.0 Å². The minimum absolute atomic E-state index is 0.0322. The SMILES string of the molecule is O=C(NC1CCCCC1)[C@H](Cc1ccccc1)N(Cc1ccccc1)C(=O)CN(c1ccc(Oc2ccccc2)cc1)S(=O)(=O)c1ccccc1. The highest BCUT2D eigenvalue weighted by atomic mass is 32.2. The summed E-state index contributed by atoms with van der Waals surface area (Å²) in [6, 6.07) is 42.2. The van der Waals surface area contributed by atoms with Gasteiger partial charge in [0.25, 0.3) is 10.0 Å². The number of para-hydroxylation sites is 1. The summed E-state index contributed by atoms with van der Waals surface area (Å²) in [5.41, 5.74) is 2.02. The fraction of sp³-hybridized carbons (Fsp3) is 0.238. The third-order valence-corrected chi connectivity index (χ3v) is 10.9. The highest BCUT2D eigenvalue weighted by Crippen LogP contribution is 2.29. The maximum Gasteiger partial charge on any atom is 0.264 e. The third-order valence-electron chi connectivity index (χ3n) is 9.13. The average molecular weight is 702 g/mol. The first-order valence-electron chi connectivity index (χ1n) is 17.5. The molecule has 1 atom stereocenters. The van der Waals surface area contributed by atoms with E-state index in [0.717, 1.165) is 47.5 Å². The van der Waals surface area contributed by atoms with Crippen LogP contribution in [0.15, 0.2) is 150 Å². The maximum absolute atomic E-state index is 14.8. The molecule has 0 unspecified atom stereocenters. The number of nitrogens with one attached hydrogen (secondary N) is 1. The largest absolute Gasteiger partial charge is 0.457 e. The zero-order valence-corrected chi connectivity index (χ0v) is 29.3. The van der Waals surface area contributed by atoms with Gasteiger partial charge in [0.1, 0.15) is 24.1 Å². The van der Waals surface area contributed by atoms with Crippen LogP contribution in [0.1, 0.15) is 43.2 Å².